The van der Waals surface area contributed by atoms with Gasteiger partial charge < -0.3 is 0 Å². The number of allylic oxidation sites excluding steroid dienone is 2. The summed E-state index contributed by atoms with van der Waals surface area (Å²) in [5.74, 6) is -2.28. The topological polar surface area (TPSA) is 0 Å². The van der Waals surface area contributed by atoms with Crippen molar-refractivity contribution in [3.8, 4) is 11.1 Å². The summed E-state index contributed by atoms with van der Waals surface area (Å²) in [6.45, 7) is 2.02. The number of halogens is 4. The van der Waals surface area contributed by atoms with Gasteiger partial charge in [-0.2, -0.15) is 0 Å². The highest BCUT2D eigenvalue weighted by Crippen LogP contribution is 2.49. The third-order valence-electron chi connectivity index (χ3n) is 6.21. The van der Waals surface area contributed by atoms with E-state index < -0.39 is 23.3 Å². The van der Waals surface area contributed by atoms with E-state index in [1.54, 1.807) is 0 Å². The second-order valence-electron chi connectivity index (χ2n) is 7.75. The van der Waals surface area contributed by atoms with Crippen molar-refractivity contribution < 1.29 is 17.6 Å². The van der Waals surface area contributed by atoms with E-state index >= 15 is 4.39 Å². The summed E-state index contributed by atoms with van der Waals surface area (Å²) in [7, 11) is 0. The maximum atomic E-state index is 15.2. The van der Waals surface area contributed by atoms with Crippen LogP contribution in [0.1, 0.15) is 49.7 Å². The molecule has 0 nitrogen and oxygen atoms in total. The van der Waals surface area contributed by atoms with Gasteiger partial charge in [-0.1, -0.05) is 18.2 Å². The van der Waals surface area contributed by atoms with Gasteiger partial charge in [0.05, 0.1) is 5.56 Å². The predicted octanol–water partition coefficient (Wildman–Crippen LogP) is 6.93. The van der Waals surface area contributed by atoms with Crippen LogP contribution < -0.4 is 0 Å². The average molecular weight is 374 g/mol. The molecule has 1 fully saturated rings. The molecule has 4 rings (SSSR count). The first-order chi connectivity index (χ1) is 13.0. The van der Waals surface area contributed by atoms with E-state index in [1.807, 2.05) is 6.92 Å². The molecule has 2 aliphatic rings. The Labute approximate surface area is 156 Å². The standard InChI is InChI=1S/C23H22F4/c1-2-3-13-4-7-16-14(10-13)5-8-17-18(16)12-21(26)22(23(17)27)15-6-9-19(24)20(25)11-15/h2-3,6,9,11-14,16H,4-5,7-8,10H2,1H3. The highest BCUT2D eigenvalue weighted by Gasteiger charge is 2.37. The van der Waals surface area contributed by atoms with Gasteiger partial charge in [0.15, 0.2) is 11.6 Å². The Morgan fingerprint density at radius 3 is 2.48 bits per heavy atom. The Bertz CT molecular complexity index is 900. The summed E-state index contributed by atoms with van der Waals surface area (Å²) in [4.78, 5) is 0. The van der Waals surface area contributed by atoms with Crippen molar-refractivity contribution in [1.29, 1.82) is 0 Å². The molecule has 0 amide bonds. The number of hydrogen-bond acceptors (Lipinski definition) is 0. The van der Waals surface area contributed by atoms with Crippen molar-refractivity contribution in [2.75, 3.05) is 0 Å². The molecule has 142 valence electrons. The predicted molar refractivity (Wildman–Crippen MR) is 98.4 cm³/mol. The van der Waals surface area contributed by atoms with E-state index in [9.17, 15) is 13.2 Å². The summed E-state index contributed by atoms with van der Waals surface area (Å²) in [5, 5.41) is 0. The molecule has 2 aromatic carbocycles. The van der Waals surface area contributed by atoms with Gasteiger partial charge in [0.25, 0.3) is 0 Å². The Hall–Kier alpha value is -2.10. The average Bonchev–Trinajstić information content (AvgIpc) is 2.64. The molecule has 0 radical (unpaired) electrons. The van der Waals surface area contributed by atoms with E-state index in [-0.39, 0.29) is 17.0 Å². The van der Waals surface area contributed by atoms with Gasteiger partial charge in [-0.05, 0) is 91.7 Å². The zero-order valence-corrected chi connectivity index (χ0v) is 15.2. The van der Waals surface area contributed by atoms with Gasteiger partial charge in [-0.15, -0.1) is 0 Å². The normalized spacial score (nSPS) is 24.7. The first-order valence-electron chi connectivity index (χ1n) is 9.58. The van der Waals surface area contributed by atoms with Crippen LogP contribution >= 0.6 is 0 Å². The summed E-state index contributed by atoms with van der Waals surface area (Å²) < 4.78 is 56.8. The van der Waals surface area contributed by atoms with Crippen molar-refractivity contribution in [2.45, 2.75) is 44.9 Å². The molecule has 2 aliphatic carbocycles. The Morgan fingerprint density at radius 1 is 0.926 bits per heavy atom. The lowest BCUT2D eigenvalue weighted by Gasteiger charge is -2.40. The third kappa shape index (κ3) is 3.19. The molecule has 3 unspecified atom stereocenters. The minimum atomic E-state index is -1.11. The van der Waals surface area contributed by atoms with Crippen LogP contribution in [0.15, 0.2) is 36.4 Å². The Kier molecular flexibility index (Phi) is 4.83. The van der Waals surface area contributed by atoms with Crippen molar-refractivity contribution >= 4 is 0 Å². The minimum Gasteiger partial charge on any atom is -0.206 e. The number of benzene rings is 2. The van der Waals surface area contributed by atoms with Crippen LogP contribution in [0.2, 0.25) is 0 Å². The van der Waals surface area contributed by atoms with Crippen molar-refractivity contribution in [1.82, 2.24) is 0 Å². The van der Waals surface area contributed by atoms with Crippen LogP contribution in [-0.2, 0) is 6.42 Å². The molecule has 0 aromatic heterocycles. The van der Waals surface area contributed by atoms with E-state index in [4.69, 9.17) is 0 Å². The van der Waals surface area contributed by atoms with Gasteiger partial charge in [0, 0.05) is 0 Å². The lowest BCUT2D eigenvalue weighted by molar-refractivity contribution is 0.234. The molecule has 1 saturated carbocycles. The number of fused-ring (bicyclic) bond motifs is 3. The second-order valence-corrected chi connectivity index (χ2v) is 7.75. The summed E-state index contributed by atoms with van der Waals surface area (Å²) in [6, 6.07) is 4.42. The fourth-order valence-corrected chi connectivity index (χ4v) is 4.98. The summed E-state index contributed by atoms with van der Waals surface area (Å²) in [5.41, 5.74) is 1.09. The van der Waals surface area contributed by atoms with Crippen LogP contribution in [0.5, 0.6) is 0 Å². The molecule has 0 N–H and O–H groups in total. The maximum absolute atomic E-state index is 15.2. The smallest absolute Gasteiger partial charge is 0.159 e. The third-order valence-corrected chi connectivity index (χ3v) is 6.21. The van der Waals surface area contributed by atoms with Gasteiger partial charge in [0.2, 0.25) is 0 Å². The molecule has 0 bridgehead atoms. The Balaban J connectivity index is 1.74. The zero-order chi connectivity index (χ0) is 19.1. The van der Waals surface area contributed by atoms with Crippen LogP contribution in [0, 0.1) is 35.1 Å². The Morgan fingerprint density at radius 2 is 1.74 bits per heavy atom. The highest BCUT2D eigenvalue weighted by molar-refractivity contribution is 5.67. The first-order valence-corrected chi connectivity index (χ1v) is 9.58. The van der Waals surface area contributed by atoms with Gasteiger partial charge in [-0.25, -0.2) is 17.6 Å². The largest absolute Gasteiger partial charge is 0.206 e. The first kappa shape index (κ1) is 18.3. The summed E-state index contributed by atoms with van der Waals surface area (Å²) >= 11 is 0. The monoisotopic (exact) mass is 374 g/mol. The van der Waals surface area contributed by atoms with Crippen molar-refractivity contribution in [3.05, 3.63) is 70.8 Å². The molecule has 2 aromatic rings. The molecule has 0 saturated heterocycles. The van der Waals surface area contributed by atoms with Crippen LogP contribution in [0.4, 0.5) is 17.6 Å². The molecule has 0 spiro atoms. The van der Waals surface area contributed by atoms with E-state index in [1.165, 1.54) is 12.1 Å². The van der Waals surface area contributed by atoms with Crippen molar-refractivity contribution in [2.24, 2.45) is 11.8 Å². The molecule has 0 aliphatic heterocycles. The fourth-order valence-electron chi connectivity index (χ4n) is 4.98. The SMILES string of the molecule is CC=CC1CCC2c3cc(F)c(-c4ccc(F)c(F)c4)c(F)c3CCC2C1. The van der Waals surface area contributed by atoms with Crippen LogP contribution in [0.3, 0.4) is 0 Å². The van der Waals surface area contributed by atoms with Gasteiger partial charge >= 0.3 is 0 Å². The van der Waals surface area contributed by atoms with Crippen LogP contribution in [-0.4, -0.2) is 0 Å². The number of rotatable bonds is 2. The molecule has 27 heavy (non-hydrogen) atoms. The van der Waals surface area contributed by atoms with Crippen molar-refractivity contribution in [3.63, 3.8) is 0 Å². The molecular weight excluding hydrogens is 352 g/mol. The maximum Gasteiger partial charge on any atom is 0.159 e. The van der Waals surface area contributed by atoms with Gasteiger partial charge in [-0.3, -0.25) is 0 Å². The fraction of sp³-hybridized carbons (Fsp3) is 0.391. The minimum absolute atomic E-state index is 0.0330. The van der Waals surface area contributed by atoms with Crippen LogP contribution in [0.25, 0.3) is 11.1 Å². The number of hydrogen-bond donors (Lipinski definition) is 0. The van der Waals surface area contributed by atoms with Gasteiger partial charge in [0.1, 0.15) is 11.6 Å². The second kappa shape index (κ2) is 7.14. The molecule has 3 atom stereocenters. The lowest BCUT2D eigenvalue weighted by atomic mass is 9.65. The molecule has 0 heterocycles. The highest BCUT2D eigenvalue weighted by atomic mass is 19.2. The summed E-state index contributed by atoms with van der Waals surface area (Å²) in [6.07, 6.45) is 8.76. The molecule has 4 heteroatoms. The zero-order valence-electron chi connectivity index (χ0n) is 15.2. The quantitative estimate of drug-likeness (QED) is 0.395. The van der Waals surface area contributed by atoms with E-state index in [2.05, 4.69) is 12.2 Å². The molecular formula is C23H22F4. The van der Waals surface area contributed by atoms with E-state index in [0.717, 1.165) is 43.4 Å². The van der Waals surface area contributed by atoms with E-state index in [0.29, 0.717) is 23.8 Å². The lowest BCUT2D eigenvalue weighted by Crippen LogP contribution is -2.28.